The summed E-state index contributed by atoms with van der Waals surface area (Å²) in [6, 6.07) is 9.73. The number of hydrogen-bond acceptors (Lipinski definition) is 5. The molecule has 0 radical (unpaired) electrons. The van der Waals surface area contributed by atoms with Crippen LogP contribution < -0.4 is 19.1 Å². The van der Waals surface area contributed by atoms with E-state index in [0.29, 0.717) is 32.4 Å². The van der Waals surface area contributed by atoms with Crippen LogP contribution in [-0.4, -0.2) is 41.3 Å². The molecule has 1 N–H and O–H groups in total. The van der Waals surface area contributed by atoms with Gasteiger partial charge in [0.25, 0.3) is 0 Å². The van der Waals surface area contributed by atoms with Crippen molar-refractivity contribution in [2.45, 2.75) is 0 Å². The first kappa shape index (κ1) is 21.3. The predicted octanol–water partition coefficient (Wildman–Crippen LogP) is 3.52. The zero-order valence-electron chi connectivity index (χ0n) is 14.8. The van der Waals surface area contributed by atoms with Crippen LogP contribution in [-0.2, 0) is 14.8 Å². The van der Waals surface area contributed by atoms with E-state index in [-0.39, 0.29) is 0 Å². The number of anilines is 2. The van der Waals surface area contributed by atoms with Crippen molar-refractivity contribution in [3.63, 3.8) is 0 Å². The minimum Gasteiger partial charge on any atom is -0.495 e. The van der Waals surface area contributed by atoms with E-state index in [4.69, 9.17) is 21.1 Å². The van der Waals surface area contributed by atoms with E-state index < -0.39 is 22.5 Å². The number of carbonyl (C=O) groups is 1. The van der Waals surface area contributed by atoms with Gasteiger partial charge in [0.2, 0.25) is 15.9 Å². The van der Waals surface area contributed by atoms with Gasteiger partial charge in [-0.25, -0.2) is 8.42 Å². The first-order valence-electron chi connectivity index (χ1n) is 7.61. The molecule has 27 heavy (non-hydrogen) atoms. The number of methoxy groups -OCH3 is 2. The first-order chi connectivity index (χ1) is 12.7. The Hall–Kier alpha value is -1.97. The van der Waals surface area contributed by atoms with E-state index in [2.05, 4.69) is 21.2 Å². The van der Waals surface area contributed by atoms with Gasteiger partial charge in [-0.05, 0) is 28.1 Å². The second-order valence-electron chi connectivity index (χ2n) is 5.46. The smallest absolute Gasteiger partial charge is 0.245 e. The molecule has 0 aliphatic rings. The molecule has 10 heteroatoms. The van der Waals surface area contributed by atoms with Crippen LogP contribution in [0.1, 0.15) is 0 Å². The lowest BCUT2D eigenvalue weighted by molar-refractivity contribution is -0.114. The first-order valence-corrected chi connectivity index (χ1v) is 10.6. The van der Waals surface area contributed by atoms with Crippen LogP contribution in [0.5, 0.6) is 11.5 Å². The molecule has 1 amide bonds. The van der Waals surface area contributed by atoms with Gasteiger partial charge in [0, 0.05) is 16.6 Å². The molecule has 0 unspecified atom stereocenters. The molecule has 0 heterocycles. The Morgan fingerprint density at radius 3 is 2.37 bits per heavy atom. The van der Waals surface area contributed by atoms with Gasteiger partial charge < -0.3 is 14.8 Å². The zero-order chi connectivity index (χ0) is 20.2. The van der Waals surface area contributed by atoms with Crippen molar-refractivity contribution in [3.8, 4) is 11.5 Å². The zero-order valence-corrected chi connectivity index (χ0v) is 18.0. The quantitative estimate of drug-likeness (QED) is 0.659. The fraction of sp³-hybridized carbons (Fsp3) is 0.235. The van der Waals surface area contributed by atoms with Gasteiger partial charge >= 0.3 is 0 Å². The molecule has 2 aromatic rings. The van der Waals surface area contributed by atoms with Crippen molar-refractivity contribution >= 4 is 54.8 Å². The number of ether oxygens (including phenoxy) is 2. The number of benzene rings is 2. The molecule has 7 nitrogen and oxygen atoms in total. The number of carbonyl (C=O) groups excluding carboxylic acids is 1. The van der Waals surface area contributed by atoms with Gasteiger partial charge in [0.1, 0.15) is 18.0 Å². The van der Waals surface area contributed by atoms with E-state index in [1.165, 1.54) is 26.4 Å². The Bertz CT molecular complexity index is 952. The highest BCUT2D eigenvalue weighted by atomic mass is 79.9. The average molecular weight is 478 g/mol. The highest BCUT2D eigenvalue weighted by Crippen LogP contribution is 2.36. The van der Waals surface area contributed by atoms with Crippen LogP contribution in [0, 0.1) is 0 Å². The van der Waals surface area contributed by atoms with E-state index in [1.807, 2.05) is 0 Å². The Kier molecular flexibility index (Phi) is 6.96. The second kappa shape index (κ2) is 8.81. The standard InChI is InChI=1S/C17H18BrClN2O5S/c1-25-15-9-13(16(26-2)8-12(15)19)20-17(22)10-21(27(3,23)24)14-7-5-4-6-11(14)18/h4-9H,10H2,1-3H3,(H,20,22). The van der Waals surface area contributed by atoms with Gasteiger partial charge in [-0.1, -0.05) is 23.7 Å². The van der Waals surface area contributed by atoms with Crippen molar-refractivity contribution in [1.29, 1.82) is 0 Å². The van der Waals surface area contributed by atoms with Gasteiger partial charge in [0.15, 0.2) is 0 Å². The fourth-order valence-electron chi connectivity index (χ4n) is 2.31. The number of amides is 1. The Labute approximate surface area is 171 Å². The number of halogens is 2. The van der Waals surface area contributed by atoms with E-state index in [1.54, 1.807) is 24.3 Å². The van der Waals surface area contributed by atoms with Crippen LogP contribution in [0.25, 0.3) is 0 Å². The van der Waals surface area contributed by atoms with Crippen LogP contribution >= 0.6 is 27.5 Å². The lowest BCUT2D eigenvalue weighted by Gasteiger charge is -2.23. The minimum absolute atomic E-state index is 0.310. The molecule has 0 fully saturated rings. The summed E-state index contributed by atoms with van der Waals surface area (Å²) in [7, 11) is -0.827. The molecule has 2 aromatic carbocycles. The van der Waals surface area contributed by atoms with Crippen molar-refractivity contribution < 1.29 is 22.7 Å². The molecular formula is C17H18BrClN2O5S. The summed E-state index contributed by atoms with van der Waals surface area (Å²) in [6.07, 6.45) is 1.03. The maximum Gasteiger partial charge on any atom is 0.245 e. The number of nitrogens with one attached hydrogen (secondary N) is 1. The van der Waals surface area contributed by atoms with Crippen molar-refractivity contribution in [3.05, 3.63) is 45.9 Å². The SMILES string of the molecule is COc1cc(NC(=O)CN(c2ccccc2Br)S(C)(=O)=O)c(OC)cc1Cl. The Morgan fingerprint density at radius 2 is 1.81 bits per heavy atom. The van der Waals surface area contributed by atoms with Crippen molar-refractivity contribution in [1.82, 2.24) is 0 Å². The monoisotopic (exact) mass is 476 g/mol. The van der Waals surface area contributed by atoms with E-state index in [0.717, 1.165) is 10.6 Å². The molecule has 0 aliphatic heterocycles. The summed E-state index contributed by atoms with van der Waals surface area (Å²) in [5, 5.41) is 2.95. The molecule has 0 saturated carbocycles. The molecular weight excluding hydrogens is 460 g/mol. The number of hydrogen-bond donors (Lipinski definition) is 1. The summed E-state index contributed by atoms with van der Waals surface area (Å²) in [4.78, 5) is 12.5. The molecule has 146 valence electrons. The van der Waals surface area contributed by atoms with Gasteiger partial charge in [0.05, 0.1) is 36.9 Å². The summed E-state index contributed by atoms with van der Waals surface area (Å²) in [5.41, 5.74) is 0.667. The molecule has 0 spiro atoms. The molecule has 0 aromatic heterocycles. The van der Waals surface area contributed by atoms with E-state index >= 15 is 0 Å². The van der Waals surface area contributed by atoms with Crippen LogP contribution in [0.4, 0.5) is 11.4 Å². The van der Waals surface area contributed by atoms with Crippen LogP contribution in [0.15, 0.2) is 40.9 Å². The highest BCUT2D eigenvalue weighted by Gasteiger charge is 2.23. The number of nitrogens with zero attached hydrogens (tertiary/aromatic N) is 1. The molecule has 0 atom stereocenters. The fourth-order valence-corrected chi connectivity index (χ4v) is 4.03. The molecule has 0 aliphatic carbocycles. The van der Waals surface area contributed by atoms with Crippen LogP contribution in [0.3, 0.4) is 0 Å². The molecule has 0 saturated heterocycles. The maximum atomic E-state index is 12.5. The number of para-hydroxylation sites is 1. The third-order valence-electron chi connectivity index (χ3n) is 3.56. The third kappa shape index (κ3) is 5.27. The number of sulfonamides is 1. The Morgan fingerprint density at radius 1 is 1.19 bits per heavy atom. The lowest BCUT2D eigenvalue weighted by atomic mass is 10.2. The average Bonchev–Trinajstić information content (AvgIpc) is 2.60. The summed E-state index contributed by atoms with van der Waals surface area (Å²) < 4.78 is 36.3. The van der Waals surface area contributed by atoms with Crippen molar-refractivity contribution in [2.75, 3.05) is 36.6 Å². The van der Waals surface area contributed by atoms with Gasteiger partial charge in [-0.3, -0.25) is 9.10 Å². The summed E-state index contributed by atoms with van der Waals surface area (Å²) in [6.45, 7) is -0.421. The van der Waals surface area contributed by atoms with Crippen LogP contribution in [0.2, 0.25) is 5.02 Å². The van der Waals surface area contributed by atoms with Gasteiger partial charge in [-0.15, -0.1) is 0 Å². The number of rotatable bonds is 7. The largest absolute Gasteiger partial charge is 0.495 e. The topological polar surface area (TPSA) is 84.9 Å². The van der Waals surface area contributed by atoms with Crippen molar-refractivity contribution in [2.24, 2.45) is 0 Å². The predicted molar refractivity (Wildman–Crippen MR) is 110 cm³/mol. The Balaban J connectivity index is 2.31. The molecule has 0 bridgehead atoms. The highest BCUT2D eigenvalue weighted by molar-refractivity contribution is 9.10. The summed E-state index contributed by atoms with van der Waals surface area (Å²) in [5.74, 6) is 0.110. The third-order valence-corrected chi connectivity index (χ3v) is 5.65. The lowest BCUT2D eigenvalue weighted by Crippen LogP contribution is -2.37. The maximum absolute atomic E-state index is 12.5. The normalized spacial score (nSPS) is 11.0. The van der Waals surface area contributed by atoms with Gasteiger partial charge in [-0.2, -0.15) is 0 Å². The molecule has 2 rings (SSSR count). The summed E-state index contributed by atoms with van der Waals surface area (Å²) >= 11 is 9.35. The van der Waals surface area contributed by atoms with E-state index in [9.17, 15) is 13.2 Å². The minimum atomic E-state index is -3.70. The second-order valence-corrected chi connectivity index (χ2v) is 8.62.